The maximum absolute atomic E-state index is 5.62. The summed E-state index contributed by atoms with van der Waals surface area (Å²) in [6, 6.07) is 0.424. The van der Waals surface area contributed by atoms with Crippen molar-refractivity contribution in [3.05, 3.63) is 0 Å². The number of ether oxygens (including phenoxy) is 1. The van der Waals surface area contributed by atoms with Crippen molar-refractivity contribution >= 4 is 0 Å². The molecule has 0 aromatic heterocycles. The van der Waals surface area contributed by atoms with E-state index in [4.69, 9.17) is 10.6 Å². The summed E-state index contributed by atoms with van der Waals surface area (Å²) in [5.74, 6) is 5.39. The van der Waals surface area contributed by atoms with E-state index in [1.54, 1.807) is 0 Å². The van der Waals surface area contributed by atoms with Gasteiger partial charge in [-0.1, -0.05) is 6.92 Å². The highest BCUT2D eigenvalue weighted by Crippen LogP contribution is 2.17. The van der Waals surface area contributed by atoms with Gasteiger partial charge in [0.15, 0.2) is 0 Å². The van der Waals surface area contributed by atoms with E-state index >= 15 is 0 Å². The topological polar surface area (TPSA) is 47.3 Å². The van der Waals surface area contributed by atoms with Gasteiger partial charge in [0.1, 0.15) is 0 Å². The van der Waals surface area contributed by atoms with Gasteiger partial charge in [0.25, 0.3) is 0 Å². The molecule has 2 unspecified atom stereocenters. The molecule has 1 rings (SSSR count). The zero-order chi connectivity index (χ0) is 8.81. The van der Waals surface area contributed by atoms with Crippen molar-refractivity contribution in [3.63, 3.8) is 0 Å². The van der Waals surface area contributed by atoms with Crippen molar-refractivity contribution in [1.29, 1.82) is 0 Å². The molecule has 0 saturated carbocycles. The molecule has 0 radical (unpaired) electrons. The maximum Gasteiger partial charge on any atom is 0.0590 e. The van der Waals surface area contributed by atoms with Crippen LogP contribution < -0.4 is 11.3 Å². The zero-order valence-corrected chi connectivity index (χ0v) is 7.88. The minimum absolute atomic E-state index is 0.424. The van der Waals surface area contributed by atoms with Crippen LogP contribution in [-0.4, -0.2) is 18.8 Å². The lowest BCUT2D eigenvalue weighted by molar-refractivity contribution is 0.00499. The molecule has 2 atom stereocenters. The molecule has 1 aliphatic heterocycles. The fourth-order valence-electron chi connectivity index (χ4n) is 1.66. The average Bonchev–Trinajstić information content (AvgIpc) is 2.16. The Kier molecular flexibility index (Phi) is 4.58. The van der Waals surface area contributed by atoms with Gasteiger partial charge in [-0.3, -0.25) is 11.3 Å². The lowest BCUT2D eigenvalue weighted by atomic mass is 10.0. The monoisotopic (exact) mass is 172 g/mol. The molecule has 1 saturated heterocycles. The third kappa shape index (κ3) is 3.09. The summed E-state index contributed by atoms with van der Waals surface area (Å²) in [6.07, 6.45) is 6.33. The summed E-state index contributed by atoms with van der Waals surface area (Å²) in [4.78, 5) is 0. The summed E-state index contributed by atoms with van der Waals surface area (Å²) in [5.41, 5.74) is 2.82. The zero-order valence-electron chi connectivity index (χ0n) is 7.88. The van der Waals surface area contributed by atoms with Gasteiger partial charge in [-0.05, 0) is 32.1 Å². The van der Waals surface area contributed by atoms with Gasteiger partial charge in [0.05, 0.1) is 6.10 Å². The second kappa shape index (κ2) is 5.51. The van der Waals surface area contributed by atoms with E-state index in [0.29, 0.717) is 12.1 Å². The van der Waals surface area contributed by atoms with Crippen molar-refractivity contribution in [2.45, 2.75) is 51.2 Å². The number of nitrogens with one attached hydrogen (secondary N) is 1. The van der Waals surface area contributed by atoms with Crippen LogP contribution in [0.1, 0.15) is 39.0 Å². The van der Waals surface area contributed by atoms with Gasteiger partial charge in [-0.2, -0.15) is 0 Å². The van der Waals surface area contributed by atoms with E-state index in [1.165, 1.54) is 19.3 Å². The Labute approximate surface area is 74.6 Å². The summed E-state index contributed by atoms with van der Waals surface area (Å²) in [5, 5.41) is 0. The summed E-state index contributed by atoms with van der Waals surface area (Å²) >= 11 is 0. The van der Waals surface area contributed by atoms with Crippen molar-refractivity contribution < 1.29 is 4.74 Å². The molecule has 72 valence electrons. The predicted octanol–water partition coefficient (Wildman–Crippen LogP) is 1.19. The van der Waals surface area contributed by atoms with Gasteiger partial charge in [-0.15, -0.1) is 0 Å². The number of rotatable bonds is 4. The fraction of sp³-hybridized carbons (Fsp3) is 1.00. The van der Waals surface area contributed by atoms with Gasteiger partial charge in [0.2, 0.25) is 0 Å². The van der Waals surface area contributed by atoms with Gasteiger partial charge < -0.3 is 4.74 Å². The first-order valence-electron chi connectivity index (χ1n) is 4.94. The first kappa shape index (κ1) is 9.96. The SMILES string of the molecule is CCC(CC1CCCCO1)NN. The van der Waals surface area contributed by atoms with Crippen LogP contribution in [0.5, 0.6) is 0 Å². The summed E-state index contributed by atoms with van der Waals surface area (Å²) in [6.45, 7) is 3.08. The van der Waals surface area contributed by atoms with E-state index in [0.717, 1.165) is 19.4 Å². The number of hydrogen-bond donors (Lipinski definition) is 2. The normalized spacial score (nSPS) is 27.0. The van der Waals surface area contributed by atoms with Gasteiger partial charge in [-0.25, -0.2) is 0 Å². The van der Waals surface area contributed by atoms with Crippen LogP contribution in [0.3, 0.4) is 0 Å². The Balaban J connectivity index is 2.18. The molecule has 0 spiro atoms. The van der Waals surface area contributed by atoms with E-state index in [1.807, 2.05) is 0 Å². The first-order chi connectivity index (χ1) is 5.86. The van der Waals surface area contributed by atoms with Crippen LogP contribution in [0, 0.1) is 0 Å². The molecule has 0 bridgehead atoms. The van der Waals surface area contributed by atoms with Crippen molar-refractivity contribution in [2.24, 2.45) is 5.84 Å². The van der Waals surface area contributed by atoms with E-state index in [-0.39, 0.29) is 0 Å². The van der Waals surface area contributed by atoms with Crippen molar-refractivity contribution in [3.8, 4) is 0 Å². The molecule has 12 heavy (non-hydrogen) atoms. The molecule has 0 aliphatic carbocycles. The Bertz CT molecular complexity index is 109. The van der Waals surface area contributed by atoms with E-state index in [9.17, 15) is 0 Å². The molecule has 3 heteroatoms. The molecule has 0 amide bonds. The number of nitrogens with two attached hydrogens (primary N) is 1. The molecular formula is C9H20N2O. The first-order valence-corrected chi connectivity index (χ1v) is 4.94. The minimum Gasteiger partial charge on any atom is -0.378 e. The van der Waals surface area contributed by atoms with Crippen molar-refractivity contribution in [2.75, 3.05) is 6.61 Å². The largest absolute Gasteiger partial charge is 0.378 e. The molecule has 3 N–H and O–H groups in total. The highest BCUT2D eigenvalue weighted by atomic mass is 16.5. The third-order valence-corrected chi connectivity index (χ3v) is 2.55. The summed E-state index contributed by atoms with van der Waals surface area (Å²) < 4.78 is 5.62. The summed E-state index contributed by atoms with van der Waals surface area (Å²) in [7, 11) is 0. The van der Waals surface area contributed by atoms with Crippen LogP contribution in [0.4, 0.5) is 0 Å². The van der Waals surface area contributed by atoms with E-state index in [2.05, 4.69) is 12.3 Å². The van der Waals surface area contributed by atoms with Gasteiger partial charge >= 0.3 is 0 Å². The maximum atomic E-state index is 5.62. The Morgan fingerprint density at radius 3 is 2.92 bits per heavy atom. The molecule has 1 fully saturated rings. The fourth-order valence-corrected chi connectivity index (χ4v) is 1.66. The van der Waals surface area contributed by atoms with Crippen LogP contribution in [0.15, 0.2) is 0 Å². The molecule has 1 aliphatic rings. The smallest absolute Gasteiger partial charge is 0.0590 e. The lowest BCUT2D eigenvalue weighted by Crippen LogP contribution is -2.38. The molecule has 0 aromatic rings. The second-order valence-electron chi connectivity index (χ2n) is 3.50. The van der Waals surface area contributed by atoms with Gasteiger partial charge in [0, 0.05) is 12.6 Å². The van der Waals surface area contributed by atoms with E-state index < -0.39 is 0 Å². The number of hydrogen-bond acceptors (Lipinski definition) is 3. The van der Waals surface area contributed by atoms with Crippen LogP contribution >= 0.6 is 0 Å². The Morgan fingerprint density at radius 1 is 1.58 bits per heavy atom. The predicted molar refractivity (Wildman–Crippen MR) is 49.6 cm³/mol. The molecule has 3 nitrogen and oxygen atoms in total. The Hall–Kier alpha value is -0.120. The molecule has 1 heterocycles. The van der Waals surface area contributed by atoms with Crippen LogP contribution in [0.25, 0.3) is 0 Å². The van der Waals surface area contributed by atoms with Crippen LogP contribution in [0.2, 0.25) is 0 Å². The highest BCUT2D eigenvalue weighted by molar-refractivity contribution is 4.71. The second-order valence-corrected chi connectivity index (χ2v) is 3.50. The average molecular weight is 172 g/mol. The highest BCUT2D eigenvalue weighted by Gasteiger charge is 2.17. The third-order valence-electron chi connectivity index (χ3n) is 2.55. The Morgan fingerprint density at radius 2 is 2.42 bits per heavy atom. The molecule has 0 aromatic carbocycles. The minimum atomic E-state index is 0.424. The standard InChI is InChI=1S/C9H20N2O/c1-2-8(11-10)7-9-5-3-4-6-12-9/h8-9,11H,2-7,10H2,1H3. The lowest BCUT2D eigenvalue weighted by Gasteiger charge is -2.25. The molecular weight excluding hydrogens is 152 g/mol. The quantitative estimate of drug-likeness (QED) is 0.494. The van der Waals surface area contributed by atoms with Crippen LogP contribution in [-0.2, 0) is 4.74 Å². The number of hydrazine groups is 1. The van der Waals surface area contributed by atoms with Crippen molar-refractivity contribution in [1.82, 2.24) is 5.43 Å².